The molecule has 0 aromatic rings. The van der Waals surface area contributed by atoms with Crippen molar-refractivity contribution >= 4 is 0 Å². The first-order chi connectivity index (χ1) is 6.07. The van der Waals surface area contributed by atoms with Gasteiger partial charge >= 0.3 is 0 Å². The Morgan fingerprint density at radius 3 is 2.23 bits per heavy atom. The van der Waals surface area contributed by atoms with Crippen LogP contribution in [-0.4, -0.2) is 30.1 Å². The average molecular weight is 204 g/mol. The zero-order valence-corrected chi connectivity index (χ0v) is 7.22. The Balaban J connectivity index is 3.67. The van der Waals surface area contributed by atoms with Crippen LogP contribution in [0.25, 0.3) is 0 Å². The van der Waals surface area contributed by atoms with E-state index >= 15 is 0 Å². The summed E-state index contributed by atoms with van der Waals surface area (Å²) in [6.45, 7) is 0.772. The lowest BCUT2D eigenvalue weighted by atomic mass is 10.4. The topological polar surface area (TPSA) is 15.7 Å². The number of halogens is 4. The van der Waals surface area contributed by atoms with Gasteiger partial charge in [0.1, 0.15) is 6.54 Å². The van der Waals surface area contributed by atoms with Crippen LogP contribution >= 0.6 is 0 Å². The normalized spacial score (nSPS) is 14.1. The quantitative estimate of drug-likeness (QED) is 0.274. The smallest absolute Gasteiger partial charge is 0.188 e. The van der Waals surface area contributed by atoms with Crippen LogP contribution in [0.15, 0.2) is 0 Å². The minimum atomic E-state index is -1.86. The summed E-state index contributed by atoms with van der Waals surface area (Å²) in [6.07, 6.45) is -0.523. The Labute approximate surface area is 73.6 Å². The fourth-order valence-electron chi connectivity index (χ4n) is 0.653. The van der Waals surface area contributed by atoms with Crippen molar-refractivity contribution in [2.45, 2.75) is 26.0 Å². The molecule has 0 saturated carbocycles. The van der Waals surface area contributed by atoms with Gasteiger partial charge in [0.15, 0.2) is 6.23 Å². The van der Waals surface area contributed by atoms with Crippen LogP contribution in [-0.2, 0) is 4.74 Å². The first kappa shape index (κ1) is 12.6. The average Bonchev–Trinajstić information content (AvgIpc) is 2.02. The third kappa shape index (κ3) is 6.73. The van der Waals surface area contributed by atoms with Crippen LogP contribution in [0, 0.1) is 0 Å². The lowest BCUT2D eigenvalue weighted by molar-refractivity contribution is -0.294. The Bertz CT molecular complexity index is 125. The Hall–Kier alpha value is -0.400. The highest BCUT2D eigenvalue weighted by atomic mass is 19.4. The van der Waals surface area contributed by atoms with Gasteiger partial charge in [-0.05, 0) is 6.42 Å². The minimum absolute atomic E-state index is 0.0549. The highest BCUT2D eigenvalue weighted by Gasteiger charge is 2.22. The van der Waals surface area contributed by atoms with E-state index in [-0.39, 0.29) is 6.61 Å². The van der Waals surface area contributed by atoms with E-state index in [1.807, 2.05) is 6.92 Å². The standard InChI is InChI=1S/C6H12F4N2O/c1-2-3-4-13-6(12(9)10)5-11(7)8/h6H,2-5H2,1H3. The molecule has 0 aliphatic rings. The van der Waals surface area contributed by atoms with Crippen LogP contribution < -0.4 is 0 Å². The van der Waals surface area contributed by atoms with Gasteiger partial charge in [0.25, 0.3) is 0 Å². The van der Waals surface area contributed by atoms with Crippen LogP contribution in [0.2, 0.25) is 0 Å². The zero-order valence-electron chi connectivity index (χ0n) is 7.22. The van der Waals surface area contributed by atoms with Crippen molar-refractivity contribution in [3.63, 3.8) is 0 Å². The molecule has 0 aromatic carbocycles. The summed E-state index contributed by atoms with van der Waals surface area (Å²) >= 11 is 0. The van der Waals surface area contributed by atoms with Crippen LogP contribution in [0.1, 0.15) is 19.8 Å². The van der Waals surface area contributed by atoms with Crippen LogP contribution in [0.4, 0.5) is 17.9 Å². The molecule has 7 heteroatoms. The summed E-state index contributed by atoms with van der Waals surface area (Å²) in [5.41, 5.74) is 0. The van der Waals surface area contributed by atoms with E-state index in [9.17, 15) is 17.9 Å². The van der Waals surface area contributed by atoms with E-state index < -0.39 is 23.5 Å². The zero-order chi connectivity index (χ0) is 10.3. The molecule has 0 saturated heterocycles. The van der Waals surface area contributed by atoms with E-state index in [1.165, 1.54) is 0 Å². The fraction of sp³-hybridized carbons (Fsp3) is 1.00. The molecule has 3 nitrogen and oxygen atoms in total. The lowest BCUT2D eigenvalue weighted by Crippen LogP contribution is -2.33. The molecule has 0 bridgehead atoms. The highest BCUT2D eigenvalue weighted by molar-refractivity contribution is 4.48. The molecule has 0 radical (unpaired) electrons. The second-order valence-corrected chi connectivity index (χ2v) is 2.42. The Morgan fingerprint density at radius 1 is 1.23 bits per heavy atom. The summed E-state index contributed by atoms with van der Waals surface area (Å²) in [4.78, 5) is 0. The minimum Gasteiger partial charge on any atom is -0.356 e. The van der Waals surface area contributed by atoms with Gasteiger partial charge in [-0.3, -0.25) is 0 Å². The molecule has 1 unspecified atom stereocenters. The van der Waals surface area contributed by atoms with Gasteiger partial charge < -0.3 is 4.74 Å². The van der Waals surface area contributed by atoms with E-state index in [4.69, 9.17) is 0 Å². The van der Waals surface area contributed by atoms with Crippen molar-refractivity contribution in [3.05, 3.63) is 0 Å². The van der Waals surface area contributed by atoms with Gasteiger partial charge in [-0.2, -0.15) is 0 Å². The number of ether oxygens (including phenoxy) is 1. The van der Waals surface area contributed by atoms with Gasteiger partial charge in [-0.1, -0.05) is 22.3 Å². The maximum atomic E-state index is 11.8. The third-order valence-corrected chi connectivity index (χ3v) is 1.32. The first-order valence-electron chi connectivity index (χ1n) is 3.89. The lowest BCUT2D eigenvalue weighted by Gasteiger charge is -2.16. The van der Waals surface area contributed by atoms with E-state index in [0.717, 1.165) is 6.42 Å². The van der Waals surface area contributed by atoms with Crippen molar-refractivity contribution in [2.75, 3.05) is 13.2 Å². The second kappa shape index (κ2) is 7.05. The molecular weight excluding hydrogens is 192 g/mol. The van der Waals surface area contributed by atoms with Crippen molar-refractivity contribution in [1.29, 1.82) is 0 Å². The maximum absolute atomic E-state index is 11.8. The molecule has 80 valence electrons. The molecule has 0 amide bonds. The number of nitrogens with zero attached hydrogens (tertiary/aromatic N) is 2. The largest absolute Gasteiger partial charge is 0.356 e. The molecule has 0 aromatic heterocycles. The van der Waals surface area contributed by atoms with Crippen molar-refractivity contribution in [3.8, 4) is 0 Å². The molecule has 1 atom stereocenters. The summed E-state index contributed by atoms with van der Waals surface area (Å²) < 4.78 is 51.3. The van der Waals surface area contributed by atoms with Gasteiger partial charge in [0, 0.05) is 12.0 Å². The summed E-state index contributed by atoms with van der Waals surface area (Å²) in [5, 5.41) is -2.69. The predicted molar refractivity (Wildman–Crippen MR) is 37.6 cm³/mol. The van der Waals surface area contributed by atoms with Crippen molar-refractivity contribution < 1.29 is 22.7 Å². The number of rotatable bonds is 7. The molecule has 0 N–H and O–H groups in total. The predicted octanol–water partition coefficient (Wildman–Crippen LogP) is 2.27. The summed E-state index contributed by atoms with van der Waals surface area (Å²) in [6, 6.07) is 0. The van der Waals surface area contributed by atoms with Crippen LogP contribution in [0.5, 0.6) is 0 Å². The molecule has 0 heterocycles. The summed E-state index contributed by atoms with van der Waals surface area (Å²) in [7, 11) is 0. The van der Waals surface area contributed by atoms with E-state index in [1.54, 1.807) is 0 Å². The second-order valence-electron chi connectivity index (χ2n) is 2.42. The molecule has 0 spiro atoms. The fourth-order valence-corrected chi connectivity index (χ4v) is 0.653. The van der Waals surface area contributed by atoms with Crippen LogP contribution in [0.3, 0.4) is 0 Å². The van der Waals surface area contributed by atoms with Gasteiger partial charge in [0.05, 0.1) is 5.34 Å². The van der Waals surface area contributed by atoms with Gasteiger partial charge in [0.2, 0.25) is 0 Å². The van der Waals surface area contributed by atoms with E-state index in [0.29, 0.717) is 6.42 Å². The monoisotopic (exact) mass is 204 g/mol. The van der Waals surface area contributed by atoms with Gasteiger partial charge in [-0.25, -0.2) is 0 Å². The molecule has 13 heavy (non-hydrogen) atoms. The number of unbranched alkanes of at least 4 members (excludes halogenated alkanes) is 1. The summed E-state index contributed by atoms with van der Waals surface area (Å²) in [5.74, 6) is 0. The number of hydrogen-bond donors (Lipinski definition) is 0. The maximum Gasteiger partial charge on any atom is 0.188 e. The Morgan fingerprint density at radius 2 is 1.85 bits per heavy atom. The molecule has 0 rings (SSSR count). The van der Waals surface area contributed by atoms with E-state index in [2.05, 4.69) is 4.74 Å². The molecule has 0 aliphatic heterocycles. The third-order valence-electron chi connectivity index (χ3n) is 1.32. The van der Waals surface area contributed by atoms with Crippen molar-refractivity contribution in [2.24, 2.45) is 0 Å². The highest BCUT2D eigenvalue weighted by Crippen LogP contribution is 2.07. The first-order valence-corrected chi connectivity index (χ1v) is 3.89. The van der Waals surface area contributed by atoms with Crippen molar-refractivity contribution in [1.82, 2.24) is 10.7 Å². The molecule has 0 fully saturated rings. The SMILES string of the molecule is CCCCOC(CN(F)F)N(F)F. The Kier molecular flexibility index (Phi) is 6.83. The molecule has 0 aliphatic carbocycles. The number of hydrogen-bond acceptors (Lipinski definition) is 3. The molecular formula is C6H12F4N2O. The van der Waals surface area contributed by atoms with Gasteiger partial charge in [-0.15, -0.1) is 8.96 Å².